The average Bonchev–Trinajstić information content (AvgIpc) is 3.22. The van der Waals surface area contributed by atoms with Crippen molar-refractivity contribution in [1.82, 2.24) is 19.4 Å². The molecule has 0 atom stereocenters. The SMILES string of the molecule is CSc1nc2c(s1)c(=O)n(-c1ccccc1)c(=O)n2CC(=O)NCc1ccc(C)cc1. The molecule has 2 heterocycles. The molecule has 0 fully saturated rings. The van der Waals surface area contributed by atoms with Crippen LogP contribution in [-0.2, 0) is 17.9 Å². The number of benzene rings is 2. The van der Waals surface area contributed by atoms with Crippen molar-refractivity contribution in [3.63, 3.8) is 0 Å². The van der Waals surface area contributed by atoms with Crippen LogP contribution in [0.3, 0.4) is 0 Å². The summed E-state index contributed by atoms with van der Waals surface area (Å²) in [5.41, 5.74) is 1.77. The summed E-state index contributed by atoms with van der Waals surface area (Å²) in [6.45, 7) is 2.12. The number of aromatic nitrogens is 3. The number of aryl methyl sites for hydroxylation is 1. The number of nitrogens with zero attached hydrogens (tertiary/aromatic N) is 3. The quantitative estimate of drug-likeness (QED) is 0.455. The van der Waals surface area contributed by atoms with Gasteiger partial charge in [-0.25, -0.2) is 14.3 Å². The van der Waals surface area contributed by atoms with Gasteiger partial charge in [-0.2, -0.15) is 0 Å². The Hall–Kier alpha value is -3.17. The van der Waals surface area contributed by atoms with Gasteiger partial charge in [0.2, 0.25) is 5.91 Å². The normalized spacial score (nSPS) is 11.0. The summed E-state index contributed by atoms with van der Waals surface area (Å²) < 4.78 is 3.37. The fourth-order valence-corrected chi connectivity index (χ4v) is 4.65. The number of thioether (sulfide) groups is 1. The molecule has 0 saturated heterocycles. The van der Waals surface area contributed by atoms with Crippen molar-refractivity contribution < 1.29 is 4.79 Å². The monoisotopic (exact) mass is 452 g/mol. The molecule has 0 saturated carbocycles. The first-order valence-corrected chi connectivity index (χ1v) is 11.6. The van der Waals surface area contributed by atoms with Crippen molar-refractivity contribution in [3.8, 4) is 5.69 Å². The third-order valence-corrected chi connectivity index (χ3v) is 6.78. The third-order valence-electron chi connectivity index (χ3n) is 4.77. The number of hydrogen-bond donors (Lipinski definition) is 1. The molecular weight excluding hydrogens is 432 g/mol. The summed E-state index contributed by atoms with van der Waals surface area (Å²) in [5.74, 6) is -0.332. The fraction of sp³-hybridized carbons (Fsp3) is 0.182. The molecule has 1 N–H and O–H groups in total. The van der Waals surface area contributed by atoms with Crippen LogP contribution >= 0.6 is 23.1 Å². The third kappa shape index (κ3) is 4.33. The number of amides is 1. The van der Waals surface area contributed by atoms with E-state index < -0.39 is 11.2 Å². The Bertz CT molecular complexity index is 1360. The van der Waals surface area contributed by atoms with Crippen LogP contribution < -0.4 is 16.6 Å². The lowest BCUT2D eigenvalue weighted by atomic mass is 10.1. The molecule has 2 aromatic carbocycles. The Labute approximate surface area is 186 Å². The molecule has 0 aliphatic heterocycles. The second kappa shape index (κ2) is 8.91. The van der Waals surface area contributed by atoms with Gasteiger partial charge in [0, 0.05) is 6.54 Å². The number of carbonyl (C=O) groups is 1. The van der Waals surface area contributed by atoms with Gasteiger partial charge in [0.1, 0.15) is 11.2 Å². The Morgan fingerprint density at radius 2 is 1.81 bits per heavy atom. The Kier molecular flexibility index (Phi) is 6.06. The zero-order valence-corrected chi connectivity index (χ0v) is 18.6. The van der Waals surface area contributed by atoms with E-state index in [-0.39, 0.29) is 18.1 Å². The minimum Gasteiger partial charge on any atom is -0.350 e. The van der Waals surface area contributed by atoms with E-state index in [1.165, 1.54) is 27.7 Å². The first-order valence-electron chi connectivity index (χ1n) is 9.56. The highest BCUT2D eigenvalue weighted by Gasteiger charge is 2.20. The van der Waals surface area contributed by atoms with Gasteiger partial charge in [-0.05, 0) is 30.9 Å². The highest BCUT2D eigenvalue weighted by Crippen LogP contribution is 2.25. The van der Waals surface area contributed by atoms with E-state index in [4.69, 9.17) is 0 Å². The Morgan fingerprint density at radius 3 is 2.48 bits per heavy atom. The van der Waals surface area contributed by atoms with E-state index in [0.29, 0.717) is 21.3 Å². The van der Waals surface area contributed by atoms with Gasteiger partial charge in [0.15, 0.2) is 9.99 Å². The standard InChI is InChI=1S/C22H20N4O3S2/c1-14-8-10-15(11-9-14)12-23-17(27)13-25-19-18(31-21(24-19)30-2)20(28)26(22(25)29)16-6-4-3-5-7-16/h3-11H,12-13H2,1-2H3,(H,23,27). The largest absolute Gasteiger partial charge is 0.350 e. The van der Waals surface area contributed by atoms with Crippen molar-refractivity contribution in [3.05, 3.63) is 86.6 Å². The molecule has 4 rings (SSSR count). The number of hydrogen-bond acceptors (Lipinski definition) is 6. The maximum Gasteiger partial charge on any atom is 0.337 e. The molecule has 0 bridgehead atoms. The number of nitrogens with one attached hydrogen (secondary N) is 1. The molecule has 4 aromatic rings. The number of para-hydroxylation sites is 1. The van der Waals surface area contributed by atoms with Gasteiger partial charge < -0.3 is 5.32 Å². The number of rotatable bonds is 6. The molecule has 31 heavy (non-hydrogen) atoms. The van der Waals surface area contributed by atoms with Gasteiger partial charge in [0.05, 0.1) is 5.69 Å². The maximum absolute atomic E-state index is 13.3. The number of thiazole rings is 1. The first kappa shape index (κ1) is 21.1. The second-order valence-corrected chi connectivity index (χ2v) is 9.00. The van der Waals surface area contributed by atoms with Gasteiger partial charge >= 0.3 is 5.69 Å². The maximum atomic E-state index is 13.3. The van der Waals surface area contributed by atoms with E-state index in [0.717, 1.165) is 15.7 Å². The summed E-state index contributed by atoms with van der Waals surface area (Å²) in [5, 5.41) is 2.84. The Balaban J connectivity index is 1.73. The molecule has 1 amide bonds. The van der Waals surface area contributed by atoms with Crippen LogP contribution in [0, 0.1) is 6.92 Å². The zero-order chi connectivity index (χ0) is 22.0. The molecule has 0 unspecified atom stereocenters. The van der Waals surface area contributed by atoms with Crippen molar-refractivity contribution in [2.24, 2.45) is 0 Å². The van der Waals surface area contributed by atoms with Crippen LogP contribution in [0.15, 0.2) is 68.5 Å². The van der Waals surface area contributed by atoms with Crippen LogP contribution in [-0.4, -0.2) is 26.3 Å². The van der Waals surface area contributed by atoms with Gasteiger partial charge in [-0.3, -0.25) is 14.2 Å². The molecule has 2 aromatic heterocycles. The van der Waals surface area contributed by atoms with Gasteiger partial charge in [-0.15, -0.1) is 11.3 Å². The average molecular weight is 453 g/mol. The van der Waals surface area contributed by atoms with Crippen LogP contribution in [0.1, 0.15) is 11.1 Å². The number of fused-ring (bicyclic) bond motifs is 1. The zero-order valence-electron chi connectivity index (χ0n) is 17.0. The topological polar surface area (TPSA) is 86.0 Å². The van der Waals surface area contributed by atoms with Crippen molar-refractivity contribution in [2.75, 3.05) is 6.26 Å². The molecule has 0 aliphatic carbocycles. The molecule has 0 aliphatic rings. The smallest absolute Gasteiger partial charge is 0.337 e. The van der Waals surface area contributed by atoms with Gasteiger partial charge in [0.25, 0.3) is 5.56 Å². The summed E-state index contributed by atoms with van der Waals surface area (Å²) in [6.07, 6.45) is 1.85. The molecule has 0 spiro atoms. The lowest BCUT2D eigenvalue weighted by Crippen LogP contribution is -2.41. The van der Waals surface area contributed by atoms with E-state index in [1.807, 2.05) is 43.5 Å². The van der Waals surface area contributed by atoms with Gasteiger partial charge in [-0.1, -0.05) is 59.8 Å². The molecule has 0 radical (unpaired) electrons. The summed E-state index contributed by atoms with van der Waals surface area (Å²) >= 11 is 2.61. The van der Waals surface area contributed by atoms with E-state index in [1.54, 1.807) is 24.3 Å². The van der Waals surface area contributed by atoms with E-state index in [2.05, 4.69) is 10.3 Å². The lowest BCUT2D eigenvalue weighted by Gasteiger charge is -2.12. The predicted molar refractivity (Wildman–Crippen MR) is 124 cm³/mol. The minimum absolute atomic E-state index is 0.230. The Morgan fingerprint density at radius 1 is 1.10 bits per heavy atom. The summed E-state index contributed by atoms with van der Waals surface area (Å²) in [7, 11) is 0. The number of carbonyl (C=O) groups excluding carboxylic acids is 1. The van der Waals surface area contributed by atoms with Crippen molar-refractivity contribution in [2.45, 2.75) is 24.4 Å². The minimum atomic E-state index is -0.591. The summed E-state index contributed by atoms with van der Waals surface area (Å²) in [6, 6.07) is 16.5. The van der Waals surface area contributed by atoms with Crippen LogP contribution in [0.2, 0.25) is 0 Å². The van der Waals surface area contributed by atoms with Crippen LogP contribution in [0.25, 0.3) is 16.0 Å². The first-order chi connectivity index (χ1) is 15.0. The molecule has 9 heteroatoms. The highest BCUT2D eigenvalue weighted by atomic mass is 32.2. The second-order valence-electron chi connectivity index (χ2n) is 6.94. The lowest BCUT2D eigenvalue weighted by molar-refractivity contribution is -0.121. The predicted octanol–water partition coefficient (Wildman–Crippen LogP) is 2.96. The molecule has 158 valence electrons. The van der Waals surface area contributed by atoms with E-state index in [9.17, 15) is 14.4 Å². The fourth-order valence-electron chi connectivity index (χ4n) is 3.16. The summed E-state index contributed by atoms with van der Waals surface area (Å²) in [4.78, 5) is 43.4. The van der Waals surface area contributed by atoms with Crippen LogP contribution in [0.5, 0.6) is 0 Å². The van der Waals surface area contributed by atoms with Crippen molar-refractivity contribution in [1.29, 1.82) is 0 Å². The van der Waals surface area contributed by atoms with Crippen LogP contribution in [0.4, 0.5) is 0 Å². The van der Waals surface area contributed by atoms with E-state index >= 15 is 0 Å². The molecular formula is C22H20N4O3S2. The molecule has 7 nitrogen and oxygen atoms in total. The highest BCUT2D eigenvalue weighted by molar-refractivity contribution is 8.00. The van der Waals surface area contributed by atoms with Crippen molar-refractivity contribution >= 4 is 39.4 Å².